The molecule has 0 fully saturated rings. The van der Waals surface area contributed by atoms with E-state index in [1.807, 2.05) is 35.4 Å². The summed E-state index contributed by atoms with van der Waals surface area (Å²) in [5.41, 5.74) is 3.08. The second kappa shape index (κ2) is 4.33. The fourth-order valence-electron chi connectivity index (χ4n) is 2.39. The Morgan fingerprint density at radius 1 is 1.33 bits per heavy atom. The standard InChI is InChI=1S/C15H16N2O/c1-11-6-9-17(10-7-11)15(18)13-4-2-3-12-5-8-16-14(12)13/h2-6,8,16H,7,9-10H2,1H3. The molecule has 0 unspecified atom stereocenters. The highest BCUT2D eigenvalue weighted by molar-refractivity contribution is 6.05. The Balaban J connectivity index is 1.95. The predicted octanol–water partition coefficient (Wildman–Crippen LogP) is 2.96. The molecule has 1 aromatic carbocycles. The maximum Gasteiger partial charge on any atom is 0.256 e. The van der Waals surface area contributed by atoms with Crippen LogP contribution in [0.3, 0.4) is 0 Å². The van der Waals surface area contributed by atoms with Crippen LogP contribution in [0, 0.1) is 0 Å². The fourth-order valence-corrected chi connectivity index (χ4v) is 2.39. The highest BCUT2D eigenvalue weighted by Gasteiger charge is 2.19. The molecule has 2 heterocycles. The maximum absolute atomic E-state index is 12.5. The largest absolute Gasteiger partial charge is 0.361 e. The van der Waals surface area contributed by atoms with Gasteiger partial charge in [0.25, 0.3) is 5.91 Å². The van der Waals surface area contributed by atoms with Crippen LogP contribution < -0.4 is 0 Å². The van der Waals surface area contributed by atoms with E-state index in [4.69, 9.17) is 0 Å². The minimum atomic E-state index is 0.117. The normalized spacial score (nSPS) is 15.8. The van der Waals surface area contributed by atoms with Gasteiger partial charge in [-0.3, -0.25) is 4.79 Å². The molecule has 3 nitrogen and oxygen atoms in total. The van der Waals surface area contributed by atoms with Crippen LogP contribution in [0.5, 0.6) is 0 Å². The van der Waals surface area contributed by atoms with Crippen LogP contribution in [0.15, 0.2) is 42.1 Å². The topological polar surface area (TPSA) is 36.1 Å². The van der Waals surface area contributed by atoms with Crippen molar-refractivity contribution in [3.63, 3.8) is 0 Å². The van der Waals surface area contributed by atoms with Crippen molar-refractivity contribution in [3.05, 3.63) is 47.7 Å². The zero-order chi connectivity index (χ0) is 12.5. The summed E-state index contributed by atoms with van der Waals surface area (Å²) < 4.78 is 0. The number of para-hydroxylation sites is 1. The maximum atomic E-state index is 12.5. The molecule has 0 bridgehead atoms. The Labute approximate surface area is 106 Å². The Bertz CT molecular complexity index is 624. The number of benzene rings is 1. The third-order valence-electron chi connectivity index (χ3n) is 3.54. The number of hydrogen-bond donors (Lipinski definition) is 1. The molecule has 1 aliphatic heterocycles. The number of rotatable bonds is 1. The Kier molecular flexibility index (Phi) is 2.67. The van der Waals surface area contributed by atoms with Crippen LogP contribution in [0.25, 0.3) is 10.9 Å². The van der Waals surface area contributed by atoms with Crippen molar-refractivity contribution < 1.29 is 4.79 Å². The Morgan fingerprint density at radius 2 is 2.22 bits per heavy atom. The molecule has 1 aromatic heterocycles. The summed E-state index contributed by atoms with van der Waals surface area (Å²) in [4.78, 5) is 17.6. The van der Waals surface area contributed by atoms with Gasteiger partial charge in [-0.05, 0) is 25.5 Å². The summed E-state index contributed by atoms with van der Waals surface area (Å²) in [5.74, 6) is 0.117. The summed E-state index contributed by atoms with van der Waals surface area (Å²) in [6.45, 7) is 3.66. The zero-order valence-electron chi connectivity index (χ0n) is 10.4. The molecule has 2 aromatic rings. The number of aromatic nitrogens is 1. The molecule has 18 heavy (non-hydrogen) atoms. The van der Waals surface area contributed by atoms with Gasteiger partial charge in [0, 0.05) is 24.7 Å². The second-order valence-corrected chi connectivity index (χ2v) is 4.80. The van der Waals surface area contributed by atoms with Crippen LogP contribution in [-0.2, 0) is 0 Å². The summed E-state index contributed by atoms with van der Waals surface area (Å²) in [5, 5.41) is 1.09. The van der Waals surface area contributed by atoms with E-state index >= 15 is 0 Å². The van der Waals surface area contributed by atoms with Crippen molar-refractivity contribution in [2.24, 2.45) is 0 Å². The molecular weight excluding hydrogens is 224 g/mol. The minimum absolute atomic E-state index is 0.117. The molecule has 3 rings (SSSR count). The minimum Gasteiger partial charge on any atom is -0.361 e. The smallest absolute Gasteiger partial charge is 0.256 e. The fraction of sp³-hybridized carbons (Fsp3) is 0.267. The molecule has 0 saturated carbocycles. The van der Waals surface area contributed by atoms with E-state index in [2.05, 4.69) is 18.0 Å². The summed E-state index contributed by atoms with van der Waals surface area (Å²) in [6.07, 6.45) is 4.99. The van der Waals surface area contributed by atoms with Crippen LogP contribution in [0.2, 0.25) is 0 Å². The van der Waals surface area contributed by atoms with Gasteiger partial charge in [0.15, 0.2) is 0 Å². The lowest BCUT2D eigenvalue weighted by Crippen LogP contribution is -2.34. The monoisotopic (exact) mass is 240 g/mol. The van der Waals surface area contributed by atoms with E-state index < -0.39 is 0 Å². The van der Waals surface area contributed by atoms with Gasteiger partial charge in [-0.2, -0.15) is 0 Å². The van der Waals surface area contributed by atoms with Crippen LogP contribution in [0.4, 0.5) is 0 Å². The van der Waals surface area contributed by atoms with Gasteiger partial charge in [0.05, 0.1) is 11.1 Å². The van der Waals surface area contributed by atoms with E-state index in [-0.39, 0.29) is 5.91 Å². The first-order chi connectivity index (χ1) is 8.75. The first-order valence-electron chi connectivity index (χ1n) is 6.27. The van der Waals surface area contributed by atoms with Crippen LogP contribution in [-0.4, -0.2) is 28.9 Å². The summed E-state index contributed by atoms with van der Waals surface area (Å²) in [6, 6.07) is 7.84. The molecule has 92 valence electrons. The number of nitrogens with one attached hydrogen (secondary N) is 1. The third kappa shape index (κ3) is 1.82. The molecule has 0 aliphatic carbocycles. The van der Waals surface area contributed by atoms with Crippen molar-refractivity contribution >= 4 is 16.8 Å². The lowest BCUT2D eigenvalue weighted by Gasteiger charge is -2.25. The summed E-state index contributed by atoms with van der Waals surface area (Å²) in [7, 11) is 0. The highest BCUT2D eigenvalue weighted by atomic mass is 16.2. The molecule has 1 N–H and O–H groups in total. The third-order valence-corrected chi connectivity index (χ3v) is 3.54. The molecule has 0 radical (unpaired) electrons. The van der Waals surface area contributed by atoms with Crippen molar-refractivity contribution in [2.75, 3.05) is 13.1 Å². The average Bonchev–Trinajstić information content (AvgIpc) is 2.87. The van der Waals surface area contributed by atoms with E-state index in [1.54, 1.807) is 0 Å². The Hall–Kier alpha value is -2.03. The lowest BCUT2D eigenvalue weighted by atomic mass is 10.1. The van der Waals surface area contributed by atoms with Crippen LogP contribution in [0.1, 0.15) is 23.7 Å². The molecule has 0 spiro atoms. The predicted molar refractivity (Wildman–Crippen MR) is 72.6 cm³/mol. The molecule has 3 heteroatoms. The quantitative estimate of drug-likeness (QED) is 0.764. The first kappa shape index (κ1) is 11.1. The number of nitrogens with zero attached hydrogens (tertiary/aromatic N) is 1. The van der Waals surface area contributed by atoms with Gasteiger partial charge in [0.2, 0.25) is 0 Å². The zero-order valence-corrected chi connectivity index (χ0v) is 10.4. The van der Waals surface area contributed by atoms with Crippen molar-refractivity contribution in [1.82, 2.24) is 9.88 Å². The average molecular weight is 240 g/mol. The first-order valence-corrected chi connectivity index (χ1v) is 6.27. The second-order valence-electron chi connectivity index (χ2n) is 4.80. The van der Waals surface area contributed by atoms with E-state index in [9.17, 15) is 4.79 Å². The van der Waals surface area contributed by atoms with Crippen molar-refractivity contribution in [2.45, 2.75) is 13.3 Å². The number of fused-ring (bicyclic) bond motifs is 1. The number of aromatic amines is 1. The van der Waals surface area contributed by atoms with Gasteiger partial charge in [-0.1, -0.05) is 23.8 Å². The molecule has 0 saturated heterocycles. The van der Waals surface area contributed by atoms with Gasteiger partial charge in [-0.25, -0.2) is 0 Å². The number of carbonyl (C=O) groups excluding carboxylic acids is 1. The number of carbonyl (C=O) groups is 1. The molecule has 0 atom stereocenters. The van der Waals surface area contributed by atoms with Gasteiger partial charge in [-0.15, -0.1) is 0 Å². The Morgan fingerprint density at radius 3 is 3.00 bits per heavy atom. The van der Waals surface area contributed by atoms with Gasteiger partial charge < -0.3 is 9.88 Å². The lowest BCUT2D eigenvalue weighted by molar-refractivity contribution is 0.0771. The molecule has 1 amide bonds. The highest BCUT2D eigenvalue weighted by Crippen LogP contribution is 2.20. The molecular formula is C15H16N2O. The van der Waals surface area contributed by atoms with E-state index in [1.165, 1.54) is 5.57 Å². The van der Waals surface area contributed by atoms with Crippen molar-refractivity contribution in [3.8, 4) is 0 Å². The van der Waals surface area contributed by atoms with Gasteiger partial charge >= 0.3 is 0 Å². The SMILES string of the molecule is CC1=CCN(C(=O)c2cccc3cc[nH]c23)CC1. The van der Waals surface area contributed by atoms with Crippen molar-refractivity contribution in [1.29, 1.82) is 0 Å². The number of hydrogen-bond acceptors (Lipinski definition) is 1. The number of H-pyrrole nitrogens is 1. The van der Waals surface area contributed by atoms with Gasteiger partial charge in [0.1, 0.15) is 0 Å². The number of amides is 1. The molecule has 1 aliphatic rings. The van der Waals surface area contributed by atoms with Crippen LogP contribution >= 0.6 is 0 Å². The van der Waals surface area contributed by atoms with E-state index in [0.29, 0.717) is 0 Å². The summed E-state index contributed by atoms with van der Waals surface area (Å²) >= 11 is 0. The van der Waals surface area contributed by atoms with E-state index in [0.717, 1.165) is 36.0 Å².